The van der Waals surface area contributed by atoms with Crippen molar-refractivity contribution in [3.8, 4) is 0 Å². The first kappa shape index (κ1) is 15.0. The van der Waals surface area contributed by atoms with E-state index < -0.39 is 0 Å². The molecular formula is C18H20ClNS. The van der Waals surface area contributed by atoms with Gasteiger partial charge in [-0.05, 0) is 41.2 Å². The van der Waals surface area contributed by atoms with Gasteiger partial charge in [0, 0.05) is 22.1 Å². The summed E-state index contributed by atoms with van der Waals surface area (Å²) in [5.41, 5.74) is 10.6. The Kier molecular flexibility index (Phi) is 4.58. The van der Waals surface area contributed by atoms with Gasteiger partial charge in [-0.2, -0.15) is 11.8 Å². The Bertz CT molecular complexity index is 611. The fraction of sp³-hybridized carbons (Fsp3) is 0.333. The van der Waals surface area contributed by atoms with Crippen molar-refractivity contribution in [2.45, 2.75) is 36.3 Å². The molecule has 0 spiro atoms. The lowest BCUT2D eigenvalue weighted by molar-refractivity contribution is 0.527. The van der Waals surface area contributed by atoms with Gasteiger partial charge in [-0.1, -0.05) is 54.9 Å². The number of halogens is 1. The third kappa shape index (κ3) is 3.28. The first-order valence-corrected chi connectivity index (χ1v) is 8.78. The maximum absolute atomic E-state index is 6.50. The van der Waals surface area contributed by atoms with Crippen LogP contribution in [0, 0.1) is 0 Å². The van der Waals surface area contributed by atoms with E-state index in [1.165, 1.54) is 16.7 Å². The van der Waals surface area contributed by atoms with E-state index in [1.807, 2.05) is 23.9 Å². The molecule has 0 saturated heterocycles. The first-order valence-electron chi connectivity index (χ1n) is 7.35. The van der Waals surface area contributed by atoms with Gasteiger partial charge in [0.2, 0.25) is 0 Å². The van der Waals surface area contributed by atoms with Gasteiger partial charge < -0.3 is 5.73 Å². The van der Waals surface area contributed by atoms with Gasteiger partial charge in [-0.25, -0.2) is 0 Å². The molecule has 0 aromatic heterocycles. The third-order valence-corrected chi connectivity index (χ3v) is 5.92. The van der Waals surface area contributed by atoms with Gasteiger partial charge in [0.1, 0.15) is 0 Å². The summed E-state index contributed by atoms with van der Waals surface area (Å²) in [5.74, 6) is 1.58. The summed E-state index contributed by atoms with van der Waals surface area (Å²) in [7, 11) is 0. The van der Waals surface area contributed by atoms with E-state index in [9.17, 15) is 0 Å². The standard InChI is InChI=1S/C18H20ClNS/c1-12-10-17(18(20)16-5-3-2-4-15(12)16)21-11-13-6-8-14(19)9-7-13/h2-9,12,17-18H,10-11,20H2,1H3. The van der Waals surface area contributed by atoms with Crippen molar-refractivity contribution < 1.29 is 0 Å². The third-order valence-electron chi connectivity index (χ3n) is 4.25. The van der Waals surface area contributed by atoms with Gasteiger partial charge >= 0.3 is 0 Å². The molecule has 2 aromatic carbocycles. The van der Waals surface area contributed by atoms with Crippen LogP contribution in [-0.4, -0.2) is 5.25 Å². The van der Waals surface area contributed by atoms with Gasteiger partial charge in [0.15, 0.2) is 0 Å². The molecule has 110 valence electrons. The Labute approximate surface area is 135 Å². The van der Waals surface area contributed by atoms with E-state index in [0.29, 0.717) is 11.2 Å². The Balaban J connectivity index is 1.71. The largest absolute Gasteiger partial charge is 0.323 e. The highest BCUT2D eigenvalue weighted by molar-refractivity contribution is 7.99. The summed E-state index contributed by atoms with van der Waals surface area (Å²) in [6.45, 7) is 2.31. The van der Waals surface area contributed by atoms with Crippen molar-refractivity contribution >= 4 is 23.4 Å². The first-order chi connectivity index (χ1) is 10.1. The highest BCUT2D eigenvalue weighted by Gasteiger charge is 2.30. The predicted octanol–water partition coefficient (Wildman–Crippen LogP) is 5.15. The number of benzene rings is 2. The van der Waals surface area contributed by atoms with Crippen LogP contribution in [0.5, 0.6) is 0 Å². The molecule has 21 heavy (non-hydrogen) atoms. The van der Waals surface area contributed by atoms with E-state index in [1.54, 1.807) is 0 Å². The number of fused-ring (bicyclic) bond motifs is 1. The zero-order valence-electron chi connectivity index (χ0n) is 12.1. The molecule has 1 nitrogen and oxygen atoms in total. The molecule has 0 radical (unpaired) electrons. The number of rotatable bonds is 3. The Morgan fingerprint density at radius 1 is 1.10 bits per heavy atom. The predicted molar refractivity (Wildman–Crippen MR) is 92.9 cm³/mol. The van der Waals surface area contributed by atoms with Crippen LogP contribution in [-0.2, 0) is 5.75 Å². The minimum Gasteiger partial charge on any atom is -0.323 e. The second kappa shape index (κ2) is 6.43. The maximum Gasteiger partial charge on any atom is 0.0418 e. The average molecular weight is 318 g/mol. The van der Waals surface area contributed by atoms with E-state index in [-0.39, 0.29) is 6.04 Å². The van der Waals surface area contributed by atoms with Crippen LogP contribution >= 0.6 is 23.4 Å². The molecule has 1 aliphatic carbocycles. The lowest BCUT2D eigenvalue weighted by Crippen LogP contribution is -2.31. The highest BCUT2D eigenvalue weighted by Crippen LogP contribution is 2.42. The molecule has 0 fully saturated rings. The molecule has 2 N–H and O–H groups in total. The second-order valence-electron chi connectivity index (χ2n) is 5.77. The Hall–Kier alpha value is -0.960. The van der Waals surface area contributed by atoms with Crippen molar-refractivity contribution in [2.24, 2.45) is 5.73 Å². The van der Waals surface area contributed by atoms with Crippen molar-refractivity contribution in [3.63, 3.8) is 0 Å². The maximum atomic E-state index is 6.50. The van der Waals surface area contributed by atoms with Crippen molar-refractivity contribution in [2.75, 3.05) is 0 Å². The molecule has 0 heterocycles. The van der Waals surface area contributed by atoms with Gasteiger partial charge in [0.25, 0.3) is 0 Å². The minimum atomic E-state index is 0.134. The van der Waals surface area contributed by atoms with Crippen LogP contribution in [0.25, 0.3) is 0 Å². The lowest BCUT2D eigenvalue weighted by atomic mass is 9.81. The fourth-order valence-electron chi connectivity index (χ4n) is 3.04. The summed E-state index contributed by atoms with van der Waals surface area (Å²) in [6.07, 6.45) is 1.15. The van der Waals surface area contributed by atoms with Crippen LogP contribution < -0.4 is 5.73 Å². The van der Waals surface area contributed by atoms with Crippen LogP contribution in [0.2, 0.25) is 5.02 Å². The molecule has 3 unspecified atom stereocenters. The SMILES string of the molecule is CC1CC(SCc2ccc(Cl)cc2)C(N)c2ccccc21. The summed E-state index contributed by atoms with van der Waals surface area (Å²) in [5, 5.41) is 1.27. The molecule has 2 aromatic rings. The molecule has 1 aliphatic rings. The normalized spacial score (nSPS) is 24.6. The highest BCUT2D eigenvalue weighted by atomic mass is 35.5. The molecule has 3 heteroatoms. The van der Waals surface area contributed by atoms with Gasteiger partial charge in [-0.15, -0.1) is 0 Å². The molecule has 3 rings (SSSR count). The zero-order chi connectivity index (χ0) is 14.8. The Morgan fingerprint density at radius 2 is 1.76 bits per heavy atom. The number of hydrogen-bond acceptors (Lipinski definition) is 2. The molecule has 0 amide bonds. The molecular weight excluding hydrogens is 298 g/mol. The number of hydrogen-bond donors (Lipinski definition) is 1. The van der Waals surface area contributed by atoms with Crippen molar-refractivity contribution in [3.05, 3.63) is 70.2 Å². The van der Waals surface area contributed by atoms with Gasteiger partial charge in [0.05, 0.1) is 0 Å². The smallest absolute Gasteiger partial charge is 0.0418 e. The monoisotopic (exact) mass is 317 g/mol. The Morgan fingerprint density at radius 3 is 2.48 bits per heavy atom. The topological polar surface area (TPSA) is 26.0 Å². The summed E-state index contributed by atoms with van der Waals surface area (Å²) >= 11 is 7.90. The van der Waals surface area contributed by atoms with E-state index in [2.05, 4.69) is 43.3 Å². The lowest BCUT2D eigenvalue weighted by Gasteiger charge is -2.34. The zero-order valence-corrected chi connectivity index (χ0v) is 13.7. The average Bonchev–Trinajstić information content (AvgIpc) is 2.51. The van der Waals surface area contributed by atoms with Crippen LogP contribution in [0.15, 0.2) is 48.5 Å². The van der Waals surface area contributed by atoms with E-state index >= 15 is 0 Å². The van der Waals surface area contributed by atoms with Crippen molar-refractivity contribution in [1.29, 1.82) is 0 Å². The van der Waals surface area contributed by atoms with Gasteiger partial charge in [-0.3, -0.25) is 0 Å². The molecule has 3 atom stereocenters. The van der Waals surface area contributed by atoms with E-state index in [4.69, 9.17) is 17.3 Å². The fourth-order valence-corrected chi connectivity index (χ4v) is 4.54. The quantitative estimate of drug-likeness (QED) is 0.847. The summed E-state index contributed by atoms with van der Waals surface area (Å²) < 4.78 is 0. The van der Waals surface area contributed by atoms with Crippen LogP contribution in [0.1, 0.15) is 42.0 Å². The summed E-state index contributed by atoms with van der Waals surface area (Å²) in [4.78, 5) is 0. The van der Waals surface area contributed by atoms with Crippen LogP contribution in [0.4, 0.5) is 0 Å². The minimum absolute atomic E-state index is 0.134. The second-order valence-corrected chi connectivity index (χ2v) is 7.43. The molecule has 0 saturated carbocycles. The molecule has 0 bridgehead atoms. The summed E-state index contributed by atoms with van der Waals surface area (Å²) in [6, 6.07) is 16.9. The van der Waals surface area contributed by atoms with Crippen molar-refractivity contribution in [1.82, 2.24) is 0 Å². The van der Waals surface area contributed by atoms with E-state index in [0.717, 1.165) is 17.2 Å². The van der Waals surface area contributed by atoms with Crippen LogP contribution in [0.3, 0.4) is 0 Å². The number of thioether (sulfide) groups is 1. The molecule has 0 aliphatic heterocycles. The number of nitrogens with two attached hydrogens (primary N) is 1.